The summed E-state index contributed by atoms with van der Waals surface area (Å²) in [6.45, 7) is 1.88. The van der Waals surface area contributed by atoms with Crippen molar-refractivity contribution in [3.8, 4) is 5.75 Å². The zero-order valence-electron chi connectivity index (χ0n) is 14.6. The van der Waals surface area contributed by atoms with E-state index in [4.69, 9.17) is 16.3 Å². The highest BCUT2D eigenvalue weighted by Gasteiger charge is 2.26. The van der Waals surface area contributed by atoms with Crippen LogP contribution in [0.4, 0.5) is 0 Å². The summed E-state index contributed by atoms with van der Waals surface area (Å²) in [5, 5.41) is 3.74. The normalized spacial score (nSPS) is 16.2. The first-order chi connectivity index (χ1) is 12.0. The maximum Gasteiger partial charge on any atom is 0.227 e. The summed E-state index contributed by atoms with van der Waals surface area (Å²) in [7, 11) is 4.24. The van der Waals surface area contributed by atoms with Crippen LogP contribution in [0.5, 0.6) is 5.75 Å². The van der Waals surface area contributed by atoms with Crippen LogP contribution in [0.25, 0.3) is 0 Å². The molecule has 1 aliphatic heterocycles. The van der Waals surface area contributed by atoms with Crippen LogP contribution in [0.3, 0.4) is 0 Å². The van der Waals surface area contributed by atoms with Gasteiger partial charge in [-0.05, 0) is 35.7 Å². The molecule has 0 bridgehead atoms. The molecule has 0 fully saturated rings. The Morgan fingerprint density at radius 3 is 2.76 bits per heavy atom. The van der Waals surface area contributed by atoms with Gasteiger partial charge in [-0.25, -0.2) is 0 Å². The summed E-state index contributed by atoms with van der Waals surface area (Å²) in [4.78, 5) is 13.9. The average molecular weight is 360 g/mol. The van der Waals surface area contributed by atoms with E-state index in [0.717, 1.165) is 23.4 Å². The smallest absolute Gasteiger partial charge is 0.227 e. The van der Waals surface area contributed by atoms with E-state index >= 15 is 0 Å². The van der Waals surface area contributed by atoms with Crippen molar-refractivity contribution < 1.29 is 14.4 Å². The molecule has 0 spiro atoms. The number of hydrogen-bond acceptors (Lipinski definition) is 2. The zero-order valence-corrected chi connectivity index (χ0v) is 15.4. The molecule has 0 saturated carbocycles. The summed E-state index contributed by atoms with van der Waals surface area (Å²) in [5.74, 6) is 0.669. The first-order valence-corrected chi connectivity index (χ1v) is 8.95. The van der Waals surface area contributed by atoms with Crippen LogP contribution in [-0.2, 0) is 24.3 Å². The summed E-state index contributed by atoms with van der Waals surface area (Å²) in [6.07, 6.45) is 0.658. The number of ether oxygens (including phenoxy) is 1. The van der Waals surface area contributed by atoms with E-state index in [0.29, 0.717) is 24.6 Å². The predicted octanol–water partition coefficient (Wildman–Crippen LogP) is 1.85. The molecular weight excluding hydrogens is 336 g/mol. The van der Waals surface area contributed by atoms with E-state index in [1.54, 1.807) is 0 Å². The first-order valence-electron chi connectivity index (χ1n) is 8.57. The predicted molar refractivity (Wildman–Crippen MR) is 98.9 cm³/mol. The Balaban J connectivity index is 1.62. The molecule has 2 aromatic rings. The number of amides is 1. The Labute approximate surface area is 153 Å². The Bertz CT molecular complexity index is 761. The van der Waals surface area contributed by atoms with Crippen LogP contribution < -0.4 is 15.0 Å². The number of hydrogen-bond donors (Lipinski definition) is 2. The Hall–Kier alpha value is -2.04. The largest absolute Gasteiger partial charge is 0.492 e. The van der Waals surface area contributed by atoms with Gasteiger partial charge in [-0.15, -0.1) is 0 Å². The maximum atomic E-state index is 12.6. The molecule has 1 heterocycles. The number of benzene rings is 2. The van der Waals surface area contributed by atoms with Crippen LogP contribution >= 0.6 is 11.6 Å². The molecule has 4 nitrogen and oxygen atoms in total. The lowest BCUT2D eigenvalue weighted by atomic mass is 9.96. The minimum absolute atomic E-state index is 0.0256. The number of nitrogens with one attached hydrogen (secondary N) is 2. The fourth-order valence-corrected chi connectivity index (χ4v) is 3.34. The first kappa shape index (κ1) is 17.8. The van der Waals surface area contributed by atoms with Gasteiger partial charge in [0.1, 0.15) is 18.9 Å². The van der Waals surface area contributed by atoms with E-state index in [2.05, 4.69) is 31.5 Å². The molecule has 0 radical (unpaired) electrons. The van der Waals surface area contributed by atoms with Gasteiger partial charge in [0.15, 0.2) is 0 Å². The van der Waals surface area contributed by atoms with Gasteiger partial charge in [0, 0.05) is 17.1 Å². The molecule has 0 unspecified atom stereocenters. The van der Waals surface area contributed by atoms with Gasteiger partial charge in [0.2, 0.25) is 5.91 Å². The van der Waals surface area contributed by atoms with E-state index in [9.17, 15) is 4.79 Å². The van der Waals surface area contributed by atoms with Crippen molar-refractivity contribution in [3.63, 3.8) is 0 Å². The summed E-state index contributed by atoms with van der Waals surface area (Å²) >= 11 is 6.05. The number of halogens is 1. The Kier molecular flexibility index (Phi) is 5.61. The lowest BCUT2D eigenvalue weighted by Gasteiger charge is -2.25. The van der Waals surface area contributed by atoms with Crippen molar-refractivity contribution in [2.45, 2.75) is 19.5 Å². The molecular formula is C20H24ClN2O2+. The quantitative estimate of drug-likeness (QED) is 0.855. The lowest BCUT2D eigenvalue weighted by molar-refractivity contribution is -0.872. The highest BCUT2D eigenvalue weighted by Crippen LogP contribution is 2.29. The van der Waals surface area contributed by atoms with E-state index in [-0.39, 0.29) is 11.8 Å². The van der Waals surface area contributed by atoms with Crippen LogP contribution in [0.15, 0.2) is 42.5 Å². The molecule has 2 aromatic carbocycles. The molecule has 25 heavy (non-hydrogen) atoms. The SMILES string of the molecule is C[NH+](C)Cc1ccccc1CNC(=O)[C@@H]1COc2ccc(Cl)cc2C1. The average Bonchev–Trinajstić information content (AvgIpc) is 2.59. The highest BCUT2D eigenvalue weighted by molar-refractivity contribution is 6.30. The van der Waals surface area contributed by atoms with Gasteiger partial charge >= 0.3 is 0 Å². The number of fused-ring (bicyclic) bond motifs is 1. The highest BCUT2D eigenvalue weighted by atomic mass is 35.5. The fraction of sp³-hybridized carbons (Fsp3) is 0.350. The van der Waals surface area contributed by atoms with Crippen molar-refractivity contribution in [2.24, 2.45) is 5.92 Å². The van der Waals surface area contributed by atoms with Gasteiger partial charge in [0.25, 0.3) is 0 Å². The van der Waals surface area contributed by atoms with Crippen LogP contribution in [-0.4, -0.2) is 26.6 Å². The van der Waals surface area contributed by atoms with Crippen molar-refractivity contribution in [2.75, 3.05) is 20.7 Å². The second-order valence-corrected chi connectivity index (χ2v) is 7.27. The maximum absolute atomic E-state index is 12.6. The minimum Gasteiger partial charge on any atom is -0.492 e. The van der Waals surface area contributed by atoms with Crippen LogP contribution in [0, 0.1) is 5.92 Å². The number of rotatable bonds is 5. The van der Waals surface area contributed by atoms with Crippen molar-refractivity contribution in [1.82, 2.24) is 5.32 Å². The van der Waals surface area contributed by atoms with Gasteiger partial charge in [-0.2, -0.15) is 0 Å². The lowest BCUT2D eigenvalue weighted by Crippen LogP contribution is -3.04. The zero-order chi connectivity index (χ0) is 17.8. The summed E-state index contributed by atoms with van der Waals surface area (Å²) in [6, 6.07) is 13.8. The topological polar surface area (TPSA) is 42.8 Å². The van der Waals surface area contributed by atoms with Crippen LogP contribution in [0.2, 0.25) is 5.02 Å². The van der Waals surface area contributed by atoms with Gasteiger partial charge < -0.3 is 15.0 Å². The fourth-order valence-electron chi connectivity index (χ4n) is 3.14. The van der Waals surface area contributed by atoms with Crippen molar-refractivity contribution in [3.05, 3.63) is 64.2 Å². The third-order valence-corrected chi connectivity index (χ3v) is 4.65. The van der Waals surface area contributed by atoms with Gasteiger partial charge in [-0.3, -0.25) is 4.79 Å². The molecule has 0 aromatic heterocycles. The number of carbonyl (C=O) groups excluding carboxylic acids is 1. The van der Waals surface area contributed by atoms with Crippen LogP contribution in [0.1, 0.15) is 16.7 Å². The number of carbonyl (C=O) groups is 1. The number of quaternary nitrogens is 1. The monoisotopic (exact) mass is 359 g/mol. The van der Waals surface area contributed by atoms with E-state index in [1.165, 1.54) is 10.5 Å². The third-order valence-electron chi connectivity index (χ3n) is 4.42. The van der Waals surface area contributed by atoms with Crippen molar-refractivity contribution >= 4 is 17.5 Å². The molecule has 1 amide bonds. The van der Waals surface area contributed by atoms with E-state index < -0.39 is 0 Å². The molecule has 1 aliphatic rings. The molecule has 5 heteroatoms. The Morgan fingerprint density at radius 2 is 2.00 bits per heavy atom. The molecule has 3 rings (SSSR count). The Morgan fingerprint density at radius 1 is 1.24 bits per heavy atom. The summed E-state index contributed by atoms with van der Waals surface area (Å²) in [5.41, 5.74) is 3.42. The molecule has 0 aliphatic carbocycles. The minimum atomic E-state index is -0.183. The van der Waals surface area contributed by atoms with Crippen molar-refractivity contribution in [1.29, 1.82) is 0 Å². The molecule has 1 atom stereocenters. The second kappa shape index (κ2) is 7.89. The third kappa shape index (κ3) is 4.53. The van der Waals surface area contributed by atoms with Gasteiger partial charge in [0.05, 0.1) is 20.0 Å². The van der Waals surface area contributed by atoms with E-state index in [1.807, 2.05) is 30.3 Å². The molecule has 2 N–H and O–H groups in total. The molecule has 0 saturated heterocycles. The van der Waals surface area contributed by atoms with Gasteiger partial charge in [-0.1, -0.05) is 35.9 Å². The second-order valence-electron chi connectivity index (χ2n) is 6.83. The summed E-state index contributed by atoms with van der Waals surface area (Å²) < 4.78 is 5.72. The standard InChI is InChI=1S/C20H23ClN2O2/c1-23(2)12-15-6-4-3-5-14(15)11-22-20(24)17-9-16-10-18(21)7-8-19(16)25-13-17/h3-8,10,17H,9,11-13H2,1-2H3,(H,22,24)/p+1/t17-/m0/s1. The molecule has 132 valence electrons.